The van der Waals surface area contributed by atoms with E-state index >= 15 is 0 Å². The lowest BCUT2D eigenvalue weighted by Crippen LogP contribution is -2.35. The smallest absolute Gasteiger partial charge is 0.270 e. The zero-order valence-corrected chi connectivity index (χ0v) is 14.4. The Morgan fingerprint density at radius 3 is 3.14 bits per heavy atom. The monoisotopic (exact) mass is 375 g/mol. The van der Waals surface area contributed by atoms with Crippen LogP contribution < -0.4 is 0 Å². The van der Waals surface area contributed by atoms with Crippen LogP contribution in [-0.4, -0.2) is 27.3 Å². The number of aromatic amines is 1. The molecule has 3 aromatic rings. The Balaban J connectivity index is 1.65. The number of nitrogens with one attached hydrogen (secondary N) is 1. The maximum Gasteiger partial charge on any atom is 0.270 e. The molecule has 1 aromatic carbocycles. The third-order valence-electron chi connectivity index (χ3n) is 4.10. The summed E-state index contributed by atoms with van der Waals surface area (Å²) in [4.78, 5) is 23.5. The molecule has 4 nitrogen and oxygen atoms in total. The highest BCUT2D eigenvalue weighted by atomic mass is 79.9. The molecule has 0 unspecified atom stereocenters. The van der Waals surface area contributed by atoms with Crippen LogP contribution in [0.5, 0.6) is 0 Å². The fourth-order valence-corrected chi connectivity index (χ4v) is 4.57. The van der Waals surface area contributed by atoms with E-state index in [4.69, 9.17) is 0 Å². The summed E-state index contributed by atoms with van der Waals surface area (Å²) in [6.07, 6.45) is 0.822. The van der Waals surface area contributed by atoms with Crippen molar-refractivity contribution < 1.29 is 4.79 Å². The van der Waals surface area contributed by atoms with Crippen molar-refractivity contribution in [2.24, 2.45) is 0 Å². The summed E-state index contributed by atoms with van der Waals surface area (Å²) in [5.74, 6) is 0.0609. The third kappa shape index (κ3) is 2.27. The van der Waals surface area contributed by atoms with Crippen molar-refractivity contribution in [1.82, 2.24) is 14.9 Å². The van der Waals surface area contributed by atoms with E-state index in [1.54, 1.807) is 11.3 Å². The van der Waals surface area contributed by atoms with Gasteiger partial charge in [0.2, 0.25) is 0 Å². The Morgan fingerprint density at radius 2 is 2.32 bits per heavy atom. The highest BCUT2D eigenvalue weighted by Crippen LogP contribution is 2.29. The van der Waals surface area contributed by atoms with Gasteiger partial charge in [0.05, 0.1) is 12.2 Å². The van der Waals surface area contributed by atoms with Crippen LogP contribution in [0.1, 0.15) is 26.6 Å². The number of carbonyl (C=O) groups is 1. The lowest BCUT2D eigenvalue weighted by molar-refractivity contribution is 0.0731. The molecule has 3 heterocycles. The number of hydrogen-bond acceptors (Lipinski definition) is 3. The van der Waals surface area contributed by atoms with Crippen LogP contribution >= 0.6 is 27.3 Å². The zero-order chi connectivity index (χ0) is 15.3. The van der Waals surface area contributed by atoms with Crippen LogP contribution in [0, 0.1) is 6.92 Å². The van der Waals surface area contributed by atoms with Gasteiger partial charge in [0, 0.05) is 28.7 Å². The molecule has 0 bridgehead atoms. The number of rotatable bonds is 1. The number of halogens is 1. The Bertz CT molecular complexity index is 883. The quantitative estimate of drug-likeness (QED) is 0.701. The van der Waals surface area contributed by atoms with Gasteiger partial charge in [-0.1, -0.05) is 12.1 Å². The summed E-state index contributed by atoms with van der Waals surface area (Å²) in [5, 5.41) is 1.11. The highest BCUT2D eigenvalue weighted by molar-refractivity contribution is 9.11. The van der Waals surface area contributed by atoms with Crippen molar-refractivity contribution in [3.8, 4) is 0 Å². The SMILES string of the molecule is Cc1cccc2[nH]c(C(=O)N3CCc4nc(Br)sc4C3)cc12. The number of carbonyl (C=O) groups excluding carboxylic acids is 1. The van der Waals surface area contributed by atoms with Crippen molar-refractivity contribution in [1.29, 1.82) is 0 Å². The number of aryl methyl sites for hydroxylation is 1. The van der Waals surface area contributed by atoms with E-state index in [0.717, 1.165) is 33.5 Å². The molecule has 0 fully saturated rings. The molecule has 0 radical (unpaired) electrons. The first kappa shape index (κ1) is 14.0. The third-order valence-corrected chi connectivity index (χ3v) is 5.64. The number of H-pyrrole nitrogens is 1. The number of thiazole rings is 1. The summed E-state index contributed by atoms with van der Waals surface area (Å²) >= 11 is 5.04. The molecule has 1 amide bonds. The molecular weight excluding hydrogens is 362 g/mol. The minimum atomic E-state index is 0.0609. The van der Waals surface area contributed by atoms with Gasteiger partial charge < -0.3 is 9.88 Å². The topological polar surface area (TPSA) is 49.0 Å². The van der Waals surface area contributed by atoms with E-state index in [0.29, 0.717) is 12.2 Å². The van der Waals surface area contributed by atoms with Gasteiger partial charge in [0.25, 0.3) is 5.91 Å². The number of amides is 1. The molecule has 1 aliphatic rings. The van der Waals surface area contributed by atoms with Gasteiger partial charge in [0.15, 0.2) is 3.92 Å². The van der Waals surface area contributed by atoms with Crippen molar-refractivity contribution in [3.05, 3.63) is 50.0 Å². The summed E-state index contributed by atoms with van der Waals surface area (Å²) in [7, 11) is 0. The normalized spacial score (nSPS) is 14.4. The van der Waals surface area contributed by atoms with E-state index in [2.05, 4.69) is 38.9 Å². The van der Waals surface area contributed by atoms with Crippen molar-refractivity contribution >= 4 is 44.1 Å². The summed E-state index contributed by atoms with van der Waals surface area (Å²) < 4.78 is 0.896. The largest absolute Gasteiger partial charge is 0.351 e. The molecule has 0 saturated carbocycles. The molecule has 1 aliphatic heterocycles. The van der Waals surface area contributed by atoms with E-state index in [1.807, 2.05) is 23.1 Å². The van der Waals surface area contributed by atoms with E-state index < -0.39 is 0 Å². The predicted octanol–water partition coefficient (Wildman–Crippen LogP) is 3.89. The maximum atomic E-state index is 12.8. The molecule has 6 heteroatoms. The first-order valence-electron chi connectivity index (χ1n) is 7.13. The first-order valence-corrected chi connectivity index (χ1v) is 8.74. The molecule has 0 aliphatic carbocycles. The average molecular weight is 376 g/mol. The van der Waals surface area contributed by atoms with Crippen molar-refractivity contribution in [3.63, 3.8) is 0 Å². The van der Waals surface area contributed by atoms with Gasteiger partial charge in [-0.3, -0.25) is 4.79 Å². The average Bonchev–Trinajstić information content (AvgIpc) is 3.08. The second kappa shape index (κ2) is 5.21. The zero-order valence-electron chi connectivity index (χ0n) is 12.0. The first-order chi connectivity index (χ1) is 10.6. The van der Waals surface area contributed by atoms with Gasteiger partial charge in [0.1, 0.15) is 5.69 Å². The lowest BCUT2D eigenvalue weighted by atomic mass is 10.1. The number of benzene rings is 1. The van der Waals surface area contributed by atoms with Crippen LogP contribution in [0.4, 0.5) is 0 Å². The Hall–Kier alpha value is -1.66. The van der Waals surface area contributed by atoms with Gasteiger partial charge in [-0.25, -0.2) is 4.98 Å². The molecule has 0 saturated heterocycles. The van der Waals surface area contributed by atoms with Crippen molar-refractivity contribution in [2.75, 3.05) is 6.54 Å². The van der Waals surface area contributed by atoms with E-state index in [9.17, 15) is 4.79 Å². The standard InChI is InChI=1S/C16H14BrN3OS/c1-9-3-2-4-11-10(9)7-13(18-11)15(21)20-6-5-12-14(8-20)22-16(17)19-12/h2-4,7,18H,5-6,8H2,1H3. The molecule has 22 heavy (non-hydrogen) atoms. The van der Waals surface area contributed by atoms with Crippen molar-refractivity contribution in [2.45, 2.75) is 19.9 Å². The van der Waals surface area contributed by atoms with Gasteiger partial charge >= 0.3 is 0 Å². The van der Waals surface area contributed by atoms with Gasteiger partial charge in [-0.2, -0.15) is 0 Å². The molecule has 2 aromatic heterocycles. The van der Waals surface area contributed by atoms with E-state index in [1.165, 1.54) is 10.4 Å². The number of nitrogens with zero attached hydrogens (tertiary/aromatic N) is 2. The van der Waals surface area contributed by atoms with E-state index in [-0.39, 0.29) is 5.91 Å². The van der Waals surface area contributed by atoms with Crippen LogP contribution in [0.2, 0.25) is 0 Å². The maximum absolute atomic E-state index is 12.8. The Kier molecular flexibility index (Phi) is 3.31. The lowest BCUT2D eigenvalue weighted by Gasteiger charge is -2.25. The second-order valence-electron chi connectivity index (χ2n) is 5.53. The molecule has 0 atom stereocenters. The minimum absolute atomic E-state index is 0.0609. The highest BCUT2D eigenvalue weighted by Gasteiger charge is 2.25. The summed E-state index contributed by atoms with van der Waals surface area (Å²) in [6, 6.07) is 8.04. The van der Waals surface area contributed by atoms with Crippen LogP contribution in [0.25, 0.3) is 10.9 Å². The molecule has 0 spiro atoms. The van der Waals surface area contributed by atoms with Crippen LogP contribution in [-0.2, 0) is 13.0 Å². The molecule has 1 N–H and O–H groups in total. The summed E-state index contributed by atoms with van der Waals surface area (Å²) in [5.41, 5.74) is 3.98. The fraction of sp³-hybridized carbons (Fsp3) is 0.250. The Morgan fingerprint density at radius 1 is 1.45 bits per heavy atom. The second-order valence-corrected chi connectivity index (χ2v) is 7.89. The van der Waals surface area contributed by atoms with Crippen LogP contribution in [0.3, 0.4) is 0 Å². The number of hydrogen-bond donors (Lipinski definition) is 1. The van der Waals surface area contributed by atoms with Gasteiger partial charge in [-0.05, 0) is 40.5 Å². The van der Waals surface area contributed by atoms with Gasteiger partial charge in [-0.15, -0.1) is 11.3 Å². The molecule has 112 valence electrons. The predicted molar refractivity (Wildman–Crippen MR) is 91.3 cm³/mol. The minimum Gasteiger partial charge on any atom is -0.351 e. The molecule has 4 rings (SSSR count). The fourth-order valence-electron chi connectivity index (χ4n) is 2.93. The Labute approximate surface area is 140 Å². The summed E-state index contributed by atoms with van der Waals surface area (Å²) in [6.45, 7) is 3.43. The number of fused-ring (bicyclic) bond motifs is 2. The van der Waals surface area contributed by atoms with Crippen LogP contribution in [0.15, 0.2) is 28.2 Å². The number of aromatic nitrogens is 2. The molecular formula is C16H14BrN3OS.